The van der Waals surface area contributed by atoms with Gasteiger partial charge >= 0.3 is 5.97 Å². The molecule has 1 aliphatic heterocycles. The molecule has 112 valence electrons. The Labute approximate surface area is 119 Å². The summed E-state index contributed by atoms with van der Waals surface area (Å²) in [5.74, 6) is 0.0218. The summed E-state index contributed by atoms with van der Waals surface area (Å²) in [5, 5.41) is 19.8. The fourth-order valence-electron chi connectivity index (χ4n) is 3.06. The lowest BCUT2D eigenvalue weighted by Crippen LogP contribution is -2.55. The highest BCUT2D eigenvalue weighted by Crippen LogP contribution is 2.35. The van der Waals surface area contributed by atoms with E-state index in [1.807, 2.05) is 24.7 Å². The molecule has 2 N–H and O–H groups in total. The van der Waals surface area contributed by atoms with Gasteiger partial charge in [0.15, 0.2) is 0 Å². The van der Waals surface area contributed by atoms with Crippen LogP contribution in [0.2, 0.25) is 0 Å². The summed E-state index contributed by atoms with van der Waals surface area (Å²) in [7, 11) is 1.93. The SMILES string of the molecule is CCC[C@@]1(C(=O)O)CN(Cc2nccn2C)CC[C@H]1O. The van der Waals surface area contributed by atoms with Crippen molar-refractivity contribution in [2.75, 3.05) is 13.1 Å². The minimum absolute atomic E-state index is 0.379. The van der Waals surface area contributed by atoms with Gasteiger partial charge in [-0.15, -0.1) is 0 Å². The minimum atomic E-state index is -1.04. The van der Waals surface area contributed by atoms with Crippen molar-refractivity contribution < 1.29 is 15.0 Å². The fraction of sp³-hybridized carbons (Fsp3) is 0.714. The molecular weight excluding hydrogens is 258 g/mol. The number of imidazole rings is 1. The van der Waals surface area contributed by atoms with Crippen LogP contribution in [-0.2, 0) is 18.4 Å². The first-order valence-corrected chi connectivity index (χ1v) is 7.09. The van der Waals surface area contributed by atoms with Crippen molar-refractivity contribution in [2.24, 2.45) is 12.5 Å². The van der Waals surface area contributed by atoms with Gasteiger partial charge in [-0.2, -0.15) is 0 Å². The zero-order valence-electron chi connectivity index (χ0n) is 12.1. The monoisotopic (exact) mass is 281 g/mol. The first kappa shape index (κ1) is 15.0. The lowest BCUT2D eigenvalue weighted by molar-refractivity contribution is -0.164. The number of hydrogen-bond acceptors (Lipinski definition) is 4. The van der Waals surface area contributed by atoms with Crippen LogP contribution in [0.4, 0.5) is 0 Å². The molecule has 0 aromatic carbocycles. The van der Waals surface area contributed by atoms with Crippen molar-refractivity contribution in [3.05, 3.63) is 18.2 Å². The normalized spacial score (nSPS) is 27.6. The number of likely N-dealkylation sites (tertiary alicyclic amines) is 1. The molecule has 0 spiro atoms. The van der Waals surface area contributed by atoms with Gasteiger partial charge < -0.3 is 14.8 Å². The number of carboxylic acid groups (broad SMARTS) is 1. The van der Waals surface area contributed by atoms with Crippen LogP contribution in [0.3, 0.4) is 0 Å². The number of aliphatic hydroxyl groups is 1. The van der Waals surface area contributed by atoms with Gasteiger partial charge in [-0.05, 0) is 12.8 Å². The van der Waals surface area contributed by atoms with Gasteiger partial charge in [0.2, 0.25) is 0 Å². The Morgan fingerprint density at radius 1 is 1.60 bits per heavy atom. The van der Waals surface area contributed by atoms with Crippen molar-refractivity contribution in [3.63, 3.8) is 0 Å². The molecule has 6 nitrogen and oxygen atoms in total. The molecule has 0 amide bonds. The highest BCUT2D eigenvalue weighted by Gasteiger charge is 2.48. The van der Waals surface area contributed by atoms with E-state index >= 15 is 0 Å². The van der Waals surface area contributed by atoms with Gasteiger partial charge in [0.1, 0.15) is 11.2 Å². The number of piperidine rings is 1. The van der Waals surface area contributed by atoms with E-state index in [1.54, 1.807) is 6.20 Å². The summed E-state index contributed by atoms with van der Waals surface area (Å²) in [5.41, 5.74) is -1.04. The van der Waals surface area contributed by atoms with Crippen molar-refractivity contribution >= 4 is 5.97 Å². The second-order valence-corrected chi connectivity index (χ2v) is 5.68. The Morgan fingerprint density at radius 3 is 2.90 bits per heavy atom. The number of nitrogens with zero attached hydrogens (tertiary/aromatic N) is 3. The predicted octanol–water partition coefficient (Wildman–Crippen LogP) is 0.858. The summed E-state index contributed by atoms with van der Waals surface area (Å²) in [4.78, 5) is 18.0. The number of rotatable bonds is 5. The molecule has 0 saturated carbocycles. The molecule has 0 radical (unpaired) electrons. The molecule has 1 aromatic heterocycles. The summed E-state index contributed by atoms with van der Waals surface area (Å²) < 4.78 is 1.94. The highest BCUT2D eigenvalue weighted by atomic mass is 16.4. The fourth-order valence-corrected chi connectivity index (χ4v) is 3.06. The van der Waals surface area contributed by atoms with Crippen molar-refractivity contribution in [1.29, 1.82) is 0 Å². The van der Waals surface area contributed by atoms with E-state index in [-0.39, 0.29) is 0 Å². The third-order valence-electron chi connectivity index (χ3n) is 4.27. The Morgan fingerprint density at radius 2 is 2.35 bits per heavy atom. The lowest BCUT2D eigenvalue weighted by atomic mass is 9.74. The third-order valence-corrected chi connectivity index (χ3v) is 4.27. The molecule has 2 rings (SSSR count). The number of carboxylic acids is 1. The van der Waals surface area contributed by atoms with Gasteiger partial charge in [-0.3, -0.25) is 9.69 Å². The van der Waals surface area contributed by atoms with E-state index in [0.717, 1.165) is 12.2 Å². The number of aryl methyl sites for hydroxylation is 1. The lowest BCUT2D eigenvalue weighted by Gasteiger charge is -2.43. The van der Waals surface area contributed by atoms with Crippen LogP contribution in [0.25, 0.3) is 0 Å². The first-order valence-electron chi connectivity index (χ1n) is 7.09. The molecule has 20 heavy (non-hydrogen) atoms. The summed E-state index contributed by atoms with van der Waals surface area (Å²) in [6, 6.07) is 0. The number of aromatic nitrogens is 2. The zero-order chi connectivity index (χ0) is 14.8. The van der Waals surface area contributed by atoms with Crippen molar-refractivity contribution in [3.8, 4) is 0 Å². The quantitative estimate of drug-likeness (QED) is 0.837. The van der Waals surface area contributed by atoms with Gasteiger partial charge in [-0.1, -0.05) is 13.3 Å². The number of aliphatic hydroxyl groups excluding tert-OH is 1. The molecule has 0 unspecified atom stereocenters. The number of carbonyl (C=O) groups is 1. The molecule has 1 aliphatic rings. The van der Waals surface area contributed by atoms with E-state index < -0.39 is 17.5 Å². The van der Waals surface area contributed by atoms with Gasteiger partial charge in [-0.25, -0.2) is 4.98 Å². The maximum Gasteiger partial charge on any atom is 0.313 e. The second-order valence-electron chi connectivity index (χ2n) is 5.68. The van der Waals surface area contributed by atoms with Crippen LogP contribution in [0.5, 0.6) is 0 Å². The van der Waals surface area contributed by atoms with Crippen LogP contribution in [0, 0.1) is 5.41 Å². The van der Waals surface area contributed by atoms with Gasteiger partial charge in [0.05, 0.1) is 12.6 Å². The average Bonchev–Trinajstić information content (AvgIpc) is 2.79. The van der Waals surface area contributed by atoms with Crippen molar-refractivity contribution in [1.82, 2.24) is 14.5 Å². The van der Waals surface area contributed by atoms with Crippen LogP contribution < -0.4 is 0 Å². The van der Waals surface area contributed by atoms with Crippen LogP contribution in [-0.4, -0.2) is 49.8 Å². The standard InChI is InChI=1S/C14H23N3O3/c1-3-5-14(13(19)20)10-17(7-4-11(14)18)9-12-15-6-8-16(12)2/h6,8,11,18H,3-5,7,9-10H2,1-2H3,(H,19,20)/t11-,14-/m1/s1. The molecule has 2 heterocycles. The highest BCUT2D eigenvalue weighted by molar-refractivity contribution is 5.76. The van der Waals surface area contributed by atoms with Crippen LogP contribution in [0.15, 0.2) is 12.4 Å². The summed E-state index contributed by atoms with van der Waals surface area (Å²) in [6.45, 7) is 3.65. The van der Waals surface area contributed by atoms with E-state index in [1.165, 1.54) is 0 Å². The maximum atomic E-state index is 11.7. The molecular formula is C14H23N3O3. The molecule has 2 atom stereocenters. The topological polar surface area (TPSA) is 78.6 Å². The number of hydrogen-bond donors (Lipinski definition) is 2. The minimum Gasteiger partial charge on any atom is -0.481 e. The Bertz CT molecular complexity index is 474. The zero-order valence-corrected chi connectivity index (χ0v) is 12.1. The first-order chi connectivity index (χ1) is 9.49. The van der Waals surface area contributed by atoms with E-state index in [4.69, 9.17) is 0 Å². The third kappa shape index (κ3) is 2.71. The Hall–Kier alpha value is -1.40. The van der Waals surface area contributed by atoms with Crippen molar-refractivity contribution in [2.45, 2.75) is 38.8 Å². The summed E-state index contributed by atoms with van der Waals surface area (Å²) in [6.07, 6.45) is 4.60. The van der Waals surface area contributed by atoms with Gasteiger partial charge in [0.25, 0.3) is 0 Å². The molecule has 1 aromatic rings. The van der Waals surface area contributed by atoms with E-state index in [2.05, 4.69) is 9.88 Å². The van der Waals surface area contributed by atoms with Crippen LogP contribution in [0.1, 0.15) is 32.0 Å². The molecule has 0 bridgehead atoms. The molecule has 1 saturated heterocycles. The summed E-state index contributed by atoms with van der Waals surface area (Å²) >= 11 is 0. The Kier molecular flexibility index (Phi) is 4.45. The Balaban J connectivity index is 2.14. The molecule has 6 heteroatoms. The van der Waals surface area contributed by atoms with Crippen LogP contribution >= 0.6 is 0 Å². The molecule has 1 fully saturated rings. The van der Waals surface area contributed by atoms with E-state index in [9.17, 15) is 15.0 Å². The molecule has 0 aliphatic carbocycles. The van der Waals surface area contributed by atoms with E-state index in [0.29, 0.717) is 32.5 Å². The second kappa shape index (κ2) is 5.93. The smallest absolute Gasteiger partial charge is 0.313 e. The predicted molar refractivity (Wildman–Crippen MR) is 74.1 cm³/mol. The van der Waals surface area contributed by atoms with Gasteiger partial charge in [0, 0.05) is 32.5 Å². The maximum absolute atomic E-state index is 11.7. The average molecular weight is 281 g/mol. The largest absolute Gasteiger partial charge is 0.481 e. The number of aliphatic carboxylic acids is 1.